The highest BCUT2D eigenvalue weighted by atomic mass is 16.3. The number of nitrogen functional groups attached to an aromatic ring is 1. The van der Waals surface area contributed by atoms with Gasteiger partial charge in [-0.15, -0.1) is 0 Å². The number of fused-ring (bicyclic) bond motifs is 1. The van der Waals surface area contributed by atoms with Crippen LogP contribution in [0.1, 0.15) is 19.2 Å². The van der Waals surface area contributed by atoms with Crippen molar-refractivity contribution in [3.8, 4) is 0 Å². The molecule has 2 aromatic rings. The van der Waals surface area contributed by atoms with Crippen molar-refractivity contribution in [1.29, 1.82) is 0 Å². The Balaban J connectivity index is 2.63. The maximum atomic E-state index is 9.20. The standard InChI is InChI=1S/C11H15N3O/c1-2-5-14-10-4-3-8(12)6-9(10)13-11(14)7-15/h3-4,6,15H,2,5,7,12H2,1H3. The largest absolute Gasteiger partial charge is 0.399 e. The molecule has 0 bridgehead atoms. The summed E-state index contributed by atoms with van der Waals surface area (Å²) in [6, 6.07) is 5.64. The van der Waals surface area contributed by atoms with Gasteiger partial charge in [0.1, 0.15) is 12.4 Å². The minimum atomic E-state index is -0.0332. The van der Waals surface area contributed by atoms with Crippen LogP contribution in [0.5, 0.6) is 0 Å². The molecule has 0 atom stereocenters. The summed E-state index contributed by atoms with van der Waals surface area (Å²) in [5, 5.41) is 9.20. The van der Waals surface area contributed by atoms with E-state index in [0.29, 0.717) is 11.5 Å². The second-order valence-corrected chi connectivity index (χ2v) is 3.59. The molecule has 2 rings (SSSR count). The fraction of sp³-hybridized carbons (Fsp3) is 0.364. The van der Waals surface area contributed by atoms with E-state index in [1.54, 1.807) is 0 Å². The number of nitrogens with zero attached hydrogens (tertiary/aromatic N) is 2. The van der Waals surface area contributed by atoms with Gasteiger partial charge in [-0.05, 0) is 24.6 Å². The van der Waals surface area contributed by atoms with Gasteiger partial charge in [0.25, 0.3) is 0 Å². The summed E-state index contributed by atoms with van der Waals surface area (Å²) in [6.45, 7) is 2.94. The van der Waals surface area contributed by atoms with Crippen molar-refractivity contribution >= 4 is 16.7 Å². The fourth-order valence-corrected chi connectivity index (χ4v) is 1.79. The lowest BCUT2D eigenvalue weighted by molar-refractivity contribution is 0.265. The van der Waals surface area contributed by atoms with Crippen LogP contribution in [0.3, 0.4) is 0 Å². The SMILES string of the molecule is CCCn1c(CO)nc2cc(N)ccc21. The molecule has 15 heavy (non-hydrogen) atoms. The molecular formula is C11H15N3O. The first-order chi connectivity index (χ1) is 7.26. The highest BCUT2D eigenvalue weighted by Crippen LogP contribution is 2.19. The molecule has 0 aliphatic carbocycles. The smallest absolute Gasteiger partial charge is 0.135 e. The number of imidazole rings is 1. The molecule has 1 aromatic heterocycles. The topological polar surface area (TPSA) is 64.1 Å². The van der Waals surface area contributed by atoms with Crippen molar-refractivity contribution in [3.05, 3.63) is 24.0 Å². The zero-order chi connectivity index (χ0) is 10.8. The number of aliphatic hydroxyl groups is 1. The summed E-state index contributed by atoms with van der Waals surface area (Å²) in [6.07, 6.45) is 1.02. The zero-order valence-electron chi connectivity index (χ0n) is 8.77. The Bertz CT molecular complexity index is 476. The lowest BCUT2D eigenvalue weighted by Gasteiger charge is -2.05. The van der Waals surface area contributed by atoms with Gasteiger partial charge in [-0.25, -0.2) is 4.98 Å². The van der Waals surface area contributed by atoms with Crippen LogP contribution in [0.2, 0.25) is 0 Å². The van der Waals surface area contributed by atoms with Crippen molar-refractivity contribution in [2.24, 2.45) is 0 Å². The molecule has 0 amide bonds. The molecule has 0 fully saturated rings. The Morgan fingerprint density at radius 3 is 2.93 bits per heavy atom. The van der Waals surface area contributed by atoms with Crippen LogP contribution in [0.15, 0.2) is 18.2 Å². The first kappa shape index (κ1) is 9.98. The highest BCUT2D eigenvalue weighted by molar-refractivity contribution is 5.79. The first-order valence-electron chi connectivity index (χ1n) is 5.11. The maximum absolute atomic E-state index is 9.20. The van der Waals surface area contributed by atoms with Crippen molar-refractivity contribution < 1.29 is 5.11 Å². The molecule has 0 radical (unpaired) electrons. The Morgan fingerprint density at radius 1 is 1.47 bits per heavy atom. The molecule has 3 N–H and O–H groups in total. The Kier molecular flexibility index (Phi) is 2.60. The molecule has 80 valence electrons. The van der Waals surface area contributed by atoms with Gasteiger partial charge in [0.05, 0.1) is 11.0 Å². The van der Waals surface area contributed by atoms with Gasteiger partial charge >= 0.3 is 0 Å². The Hall–Kier alpha value is -1.55. The van der Waals surface area contributed by atoms with Gasteiger partial charge in [0.2, 0.25) is 0 Å². The number of aryl methyl sites for hydroxylation is 1. The minimum absolute atomic E-state index is 0.0332. The summed E-state index contributed by atoms with van der Waals surface area (Å²) in [5.41, 5.74) is 8.28. The van der Waals surface area contributed by atoms with E-state index in [2.05, 4.69) is 11.9 Å². The first-order valence-corrected chi connectivity index (χ1v) is 5.11. The molecule has 0 saturated heterocycles. The van der Waals surface area contributed by atoms with Gasteiger partial charge in [-0.1, -0.05) is 6.92 Å². The monoisotopic (exact) mass is 205 g/mol. The molecule has 4 nitrogen and oxygen atoms in total. The summed E-state index contributed by atoms with van der Waals surface area (Å²) in [4.78, 5) is 4.34. The maximum Gasteiger partial charge on any atom is 0.135 e. The second kappa shape index (κ2) is 3.90. The number of rotatable bonds is 3. The summed E-state index contributed by atoms with van der Waals surface area (Å²) in [5.74, 6) is 0.706. The fourth-order valence-electron chi connectivity index (χ4n) is 1.79. The van der Waals surface area contributed by atoms with Gasteiger partial charge in [0, 0.05) is 12.2 Å². The number of anilines is 1. The summed E-state index contributed by atoms with van der Waals surface area (Å²) < 4.78 is 2.04. The van der Waals surface area contributed by atoms with E-state index < -0.39 is 0 Å². The second-order valence-electron chi connectivity index (χ2n) is 3.59. The van der Waals surface area contributed by atoms with E-state index in [0.717, 1.165) is 24.0 Å². The van der Waals surface area contributed by atoms with E-state index in [9.17, 15) is 5.11 Å². The van der Waals surface area contributed by atoms with Crippen LogP contribution in [0, 0.1) is 0 Å². The predicted octanol–water partition coefficient (Wildman–Crippen LogP) is 1.52. The molecular weight excluding hydrogens is 190 g/mol. The average molecular weight is 205 g/mol. The molecule has 4 heteroatoms. The third-order valence-corrected chi connectivity index (χ3v) is 2.44. The normalized spacial score (nSPS) is 11.1. The van der Waals surface area contributed by atoms with Crippen LogP contribution < -0.4 is 5.73 Å². The van der Waals surface area contributed by atoms with Gasteiger partial charge < -0.3 is 15.4 Å². The Labute approximate surface area is 88.3 Å². The van der Waals surface area contributed by atoms with Crippen LogP contribution in [-0.2, 0) is 13.2 Å². The molecule has 0 unspecified atom stereocenters. The van der Waals surface area contributed by atoms with Crippen LogP contribution >= 0.6 is 0 Å². The van der Waals surface area contributed by atoms with E-state index in [-0.39, 0.29) is 6.61 Å². The third-order valence-electron chi connectivity index (χ3n) is 2.44. The van der Waals surface area contributed by atoms with Crippen molar-refractivity contribution in [3.63, 3.8) is 0 Å². The van der Waals surface area contributed by atoms with Crippen LogP contribution in [-0.4, -0.2) is 14.7 Å². The number of hydrogen-bond acceptors (Lipinski definition) is 3. The quantitative estimate of drug-likeness (QED) is 0.747. The van der Waals surface area contributed by atoms with E-state index in [1.807, 2.05) is 22.8 Å². The lowest BCUT2D eigenvalue weighted by atomic mass is 10.3. The Morgan fingerprint density at radius 2 is 2.27 bits per heavy atom. The van der Waals surface area contributed by atoms with E-state index in [1.165, 1.54) is 0 Å². The van der Waals surface area contributed by atoms with Gasteiger partial charge in [0.15, 0.2) is 0 Å². The lowest BCUT2D eigenvalue weighted by Crippen LogP contribution is -2.02. The molecule has 0 spiro atoms. The molecule has 0 saturated carbocycles. The average Bonchev–Trinajstić information content (AvgIpc) is 2.56. The summed E-state index contributed by atoms with van der Waals surface area (Å²) >= 11 is 0. The zero-order valence-corrected chi connectivity index (χ0v) is 8.77. The molecule has 0 aliphatic heterocycles. The molecule has 1 heterocycles. The van der Waals surface area contributed by atoms with E-state index >= 15 is 0 Å². The predicted molar refractivity (Wildman–Crippen MR) is 60.4 cm³/mol. The minimum Gasteiger partial charge on any atom is -0.399 e. The van der Waals surface area contributed by atoms with Crippen LogP contribution in [0.25, 0.3) is 11.0 Å². The number of aromatic nitrogens is 2. The number of aliphatic hydroxyl groups excluding tert-OH is 1. The number of hydrogen-bond donors (Lipinski definition) is 2. The third kappa shape index (κ3) is 1.68. The number of nitrogens with two attached hydrogens (primary N) is 1. The highest BCUT2D eigenvalue weighted by Gasteiger charge is 2.08. The van der Waals surface area contributed by atoms with Crippen LogP contribution in [0.4, 0.5) is 5.69 Å². The molecule has 0 aliphatic rings. The van der Waals surface area contributed by atoms with Crippen molar-refractivity contribution in [2.75, 3.05) is 5.73 Å². The van der Waals surface area contributed by atoms with Crippen molar-refractivity contribution in [1.82, 2.24) is 9.55 Å². The summed E-state index contributed by atoms with van der Waals surface area (Å²) in [7, 11) is 0. The van der Waals surface area contributed by atoms with Gasteiger partial charge in [-0.3, -0.25) is 0 Å². The van der Waals surface area contributed by atoms with Crippen molar-refractivity contribution in [2.45, 2.75) is 26.5 Å². The molecule has 1 aromatic carbocycles. The van der Waals surface area contributed by atoms with E-state index in [4.69, 9.17) is 5.73 Å². The van der Waals surface area contributed by atoms with Gasteiger partial charge in [-0.2, -0.15) is 0 Å². The number of benzene rings is 1.